The highest BCUT2D eigenvalue weighted by molar-refractivity contribution is 5.96. The lowest BCUT2D eigenvalue weighted by molar-refractivity contribution is -0.155. The van der Waals surface area contributed by atoms with Gasteiger partial charge < -0.3 is 39.0 Å². The number of phenolic OH excluding ortho intramolecular Hbond substituents is 1. The van der Waals surface area contributed by atoms with E-state index >= 15 is 4.39 Å². The van der Waals surface area contributed by atoms with E-state index in [2.05, 4.69) is 54.3 Å². The molecule has 3 aliphatic rings. The molecular formula is C50H64FN7O9. The Kier molecular flexibility index (Phi) is 14.3. The number of carbonyl (C=O) groups excluding carboxylic acids is 5. The molecule has 17 heteroatoms. The smallest absolute Gasteiger partial charge is 0.409 e. The van der Waals surface area contributed by atoms with Gasteiger partial charge in [0.05, 0.1) is 37.8 Å². The Labute approximate surface area is 391 Å². The second-order valence-electron chi connectivity index (χ2n) is 19.2. The van der Waals surface area contributed by atoms with E-state index in [1.807, 2.05) is 25.1 Å². The predicted octanol–water partition coefficient (Wildman–Crippen LogP) is 6.12. The highest BCUT2D eigenvalue weighted by atomic mass is 19.1. The summed E-state index contributed by atoms with van der Waals surface area (Å²) in [6.45, 7) is 11.9. The number of pyridine rings is 1. The Morgan fingerprint density at radius 3 is 2.54 bits per heavy atom. The van der Waals surface area contributed by atoms with Crippen molar-refractivity contribution in [3.05, 3.63) is 71.5 Å². The summed E-state index contributed by atoms with van der Waals surface area (Å²) in [5.41, 5.74) is 6.72. The minimum absolute atomic E-state index is 0.0408. The van der Waals surface area contributed by atoms with Crippen LogP contribution < -0.4 is 10.7 Å². The molecule has 360 valence electrons. The number of halogens is 1. The van der Waals surface area contributed by atoms with E-state index < -0.39 is 71.5 Å². The van der Waals surface area contributed by atoms with Crippen molar-refractivity contribution in [2.75, 3.05) is 47.5 Å². The molecule has 7 rings (SSSR count). The molecule has 5 heterocycles. The van der Waals surface area contributed by atoms with Crippen LogP contribution in [0.25, 0.3) is 33.3 Å². The second-order valence-corrected chi connectivity index (χ2v) is 19.2. The quantitative estimate of drug-likeness (QED) is 0.165. The van der Waals surface area contributed by atoms with Gasteiger partial charge in [-0.3, -0.25) is 29.2 Å². The van der Waals surface area contributed by atoms with E-state index in [9.17, 15) is 29.1 Å². The van der Waals surface area contributed by atoms with E-state index in [-0.39, 0.29) is 44.4 Å². The van der Waals surface area contributed by atoms with Crippen LogP contribution in [0.1, 0.15) is 83.7 Å². The van der Waals surface area contributed by atoms with Crippen LogP contribution >= 0.6 is 0 Å². The average molecular weight is 926 g/mol. The zero-order chi connectivity index (χ0) is 48.5. The first kappa shape index (κ1) is 48.9. The molecule has 67 heavy (non-hydrogen) atoms. The summed E-state index contributed by atoms with van der Waals surface area (Å²) >= 11 is 0. The van der Waals surface area contributed by atoms with Gasteiger partial charge in [0.25, 0.3) is 11.8 Å². The van der Waals surface area contributed by atoms with Gasteiger partial charge in [-0.2, -0.15) is 0 Å². The van der Waals surface area contributed by atoms with Crippen molar-refractivity contribution in [2.24, 2.45) is 11.3 Å². The Hall–Kier alpha value is -6.07. The number of aromatic nitrogens is 2. The van der Waals surface area contributed by atoms with Crippen LogP contribution in [-0.2, 0) is 52.8 Å². The number of carbonyl (C=O) groups is 5. The van der Waals surface area contributed by atoms with Gasteiger partial charge in [0.15, 0.2) is 0 Å². The van der Waals surface area contributed by atoms with E-state index in [0.717, 1.165) is 48.8 Å². The van der Waals surface area contributed by atoms with Crippen molar-refractivity contribution in [3.63, 3.8) is 0 Å². The average Bonchev–Trinajstić information content (AvgIpc) is 3.86. The van der Waals surface area contributed by atoms with Crippen LogP contribution in [0.5, 0.6) is 5.75 Å². The molecule has 6 bridgehead atoms. The third-order valence-electron chi connectivity index (χ3n) is 13.4. The summed E-state index contributed by atoms with van der Waals surface area (Å²) in [6.07, 6.45) is 1.69. The number of hydrazine groups is 1. The molecule has 0 saturated carbocycles. The van der Waals surface area contributed by atoms with Crippen molar-refractivity contribution in [1.82, 2.24) is 35.1 Å². The summed E-state index contributed by atoms with van der Waals surface area (Å²) < 4.78 is 35.2. The van der Waals surface area contributed by atoms with E-state index in [4.69, 9.17) is 19.2 Å². The maximum atomic E-state index is 16.3. The fourth-order valence-electron chi connectivity index (χ4n) is 9.92. The summed E-state index contributed by atoms with van der Waals surface area (Å²) in [4.78, 5) is 76.0. The first-order chi connectivity index (χ1) is 31.8. The lowest BCUT2D eigenvalue weighted by atomic mass is 9.84. The van der Waals surface area contributed by atoms with Crippen LogP contribution in [-0.4, -0.2) is 131 Å². The first-order valence-electron chi connectivity index (χ1n) is 23.1. The van der Waals surface area contributed by atoms with Crippen molar-refractivity contribution in [2.45, 2.75) is 110 Å². The first-order valence-corrected chi connectivity index (χ1v) is 23.1. The number of benzene rings is 2. The van der Waals surface area contributed by atoms with Gasteiger partial charge in [-0.05, 0) is 97.7 Å². The summed E-state index contributed by atoms with van der Waals surface area (Å²) in [7, 11) is 4.16. The molecule has 5 atom stereocenters. The maximum Gasteiger partial charge on any atom is 0.409 e. The topological polar surface area (TPSA) is 185 Å². The molecule has 4 aromatic rings. The number of rotatable bonds is 9. The standard InChI is InChI=1S/C50H64FN7O9/c1-10-57-40-16-15-32-25-36(40)37(43(57)35-13-11-18-52-41(35)30(4)65-8)26-49(5,6)28-67-46(62)38-14-12-19-58(54-38)45(61)39(23-31-21-33(32)24-34(59)22-31)53-44(60)42(29(2)3)55(7)47(63)50(51)17-20-56(27-50)48(64)66-9/h11,13,15-16,18,21-22,24-25,29-30,38-39,42,54,59H,10,12,14,17,19-20,23,26-28H2,1-9H3,(H,53,60)/t30-,38-,39-,42?,50-/m0/s1. The third-order valence-corrected chi connectivity index (χ3v) is 13.4. The number of likely N-dealkylation sites (tertiary alicyclic amines) is 1. The minimum Gasteiger partial charge on any atom is -0.508 e. The molecule has 2 saturated heterocycles. The van der Waals surface area contributed by atoms with Gasteiger partial charge in [-0.15, -0.1) is 0 Å². The normalized spacial score (nSPS) is 22.0. The molecule has 3 N–H and O–H groups in total. The number of hydrogen-bond acceptors (Lipinski definition) is 11. The summed E-state index contributed by atoms with van der Waals surface area (Å²) in [5, 5.41) is 16.5. The SMILES string of the molecule is CCn1c(-c2cccnc2[C@H](C)OC)c2c3cc(ccc31)-c1cc(O)cc(c1)C[C@H](NC(=O)C(C(C)C)N(C)C(=O)[C@]1(F)CCN(C(=O)OC)C1)C(=O)N1CCC[C@H](N1)C(=O)OCC(C)(C)C2. The van der Waals surface area contributed by atoms with Crippen LogP contribution in [0.4, 0.5) is 9.18 Å². The Morgan fingerprint density at radius 1 is 1.07 bits per heavy atom. The van der Waals surface area contributed by atoms with Crippen LogP contribution in [0, 0.1) is 11.3 Å². The largest absolute Gasteiger partial charge is 0.508 e. The number of nitrogens with zero attached hydrogens (tertiary/aromatic N) is 5. The number of fused-ring (bicyclic) bond motifs is 6. The number of amides is 4. The number of esters is 1. The minimum atomic E-state index is -2.46. The Bertz CT molecular complexity index is 2540. The Morgan fingerprint density at radius 2 is 1.84 bits per heavy atom. The molecule has 4 amide bonds. The van der Waals surface area contributed by atoms with Crippen LogP contribution in [0.3, 0.4) is 0 Å². The van der Waals surface area contributed by atoms with Crippen LogP contribution in [0.2, 0.25) is 0 Å². The van der Waals surface area contributed by atoms with E-state index in [1.165, 1.54) is 25.2 Å². The number of aryl methyl sites for hydroxylation is 1. The van der Waals surface area contributed by atoms with Gasteiger partial charge in [-0.25, -0.2) is 14.6 Å². The number of hydrogen-bond donors (Lipinski definition) is 3. The zero-order valence-electron chi connectivity index (χ0n) is 40.0. The molecule has 2 fully saturated rings. The number of alkyl halides is 1. The highest BCUT2D eigenvalue weighted by Crippen LogP contribution is 2.42. The molecule has 0 aliphatic carbocycles. The molecular weight excluding hydrogens is 862 g/mol. The van der Waals surface area contributed by atoms with Crippen LogP contribution in [0.15, 0.2) is 54.7 Å². The zero-order valence-corrected chi connectivity index (χ0v) is 40.0. The van der Waals surface area contributed by atoms with Gasteiger partial charge >= 0.3 is 12.1 Å². The fourth-order valence-corrected chi connectivity index (χ4v) is 9.92. The number of ether oxygens (including phenoxy) is 3. The molecule has 2 aromatic carbocycles. The monoisotopic (exact) mass is 925 g/mol. The van der Waals surface area contributed by atoms with E-state index in [0.29, 0.717) is 36.9 Å². The number of cyclic esters (lactones) is 1. The number of methoxy groups -OCH3 is 2. The molecule has 1 unspecified atom stereocenters. The highest BCUT2D eigenvalue weighted by Gasteiger charge is 2.50. The van der Waals surface area contributed by atoms with Crippen molar-refractivity contribution in [3.8, 4) is 28.1 Å². The lowest BCUT2D eigenvalue weighted by Crippen LogP contribution is -2.62. The predicted molar refractivity (Wildman–Crippen MR) is 249 cm³/mol. The number of likely N-dealkylation sites (N-methyl/N-ethyl adjacent to an activating group) is 1. The van der Waals surface area contributed by atoms with E-state index in [1.54, 1.807) is 33.2 Å². The van der Waals surface area contributed by atoms with Gasteiger partial charge in [0.2, 0.25) is 11.6 Å². The molecule has 3 aliphatic heterocycles. The van der Waals surface area contributed by atoms with Gasteiger partial charge in [0, 0.05) is 74.7 Å². The number of nitrogens with one attached hydrogen (secondary N) is 2. The van der Waals surface area contributed by atoms with Crippen molar-refractivity contribution >= 4 is 40.7 Å². The second kappa shape index (κ2) is 19.6. The fraction of sp³-hybridized carbons (Fsp3) is 0.520. The number of phenols is 1. The third kappa shape index (κ3) is 9.98. The van der Waals surface area contributed by atoms with Gasteiger partial charge in [-0.1, -0.05) is 39.8 Å². The van der Waals surface area contributed by atoms with Crippen molar-refractivity contribution < 1.29 is 47.7 Å². The molecule has 0 radical (unpaired) electrons. The molecule has 0 spiro atoms. The summed E-state index contributed by atoms with van der Waals surface area (Å²) in [5.74, 6) is -3.36. The molecule has 2 aromatic heterocycles. The van der Waals surface area contributed by atoms with Crippen molar-refractivity contribution in [1.29, 1.82) is 0 Å². The maximum absolute atomic E-state index is 16.3. The van der Waals surface area contributed by atoms with Gasteiger partial charge in [0.1, 0.15) is 23.9 Å². The Balaban J connectivity index is 1.31. The summed E-state index contributed by atoms with van der Waals surface area (Å²) in [6, 6.07) is 11.8. The number of aromatic hydroxyl groups is 1. The lowest BCUT2D eigenvalue weighted by Gasteiger charge is -2.37. The molecule has 16 nitrogen and oxygen atoms in total.